The highest BCUT2D eigenvalue weighted by atomic mass is 35.5. The first-order chi connectivity index (χ1) is 35.3. The third-order valence-corrected chi connectivity index (χ3v) is 17.1. The summed E-state index contributed by atoms with van der Waals surface area (Å²) in [5.74, 6) is -0.599. The average molecular weight is 1040 g/mol. The molecule has 3 N–H and O–H groups in total. The van der Waals surface area contributed by atoms with E-state index in [0.717, 1.165) is 78.5 Å². The van der Waals surface area contributed by atoms with Crippen LogP contribution < -0.4 is 20.3 Å². The van der Waals surface area contributed by atoms with Crippen molar-refractivity contribution in [1.29, 1.82) is 5.26 Å². The second kappa shape index (κ2) is 21.5. The Kier molecular flexibility index (Phi) is 15.3. The molecule has 0 unspecified atom stereocenters. The Morgan fingerprint density at radius 2 is 1.70 bits per heavy atom. The number of hydrogen-bond donors (Lipinski definition) is 3. The molecule has 3 fully saturated rings. The standard InChI is InChI=1S/C58H67ClN8O6S/c1-35(2)49(67-32-42-12-8-9-13-45(42)53(67)71)54(72)66-33-43(68)28-48(66)52(70)61-31-41-19-18-39(50-36(3)62-34-74-50)27-47(41)65-25-23-64(24-26-65)22-10-11-37-14-16-38(17-15-37)51(69)63-55-57(4,5)56(58(55,6)7)73-44-21-20-40(30-60)46(59)29-44/h8-9,12-21,27,29,34-35,43,48-49,55-56,68H,10-11,22-26,28,31-33H2,1-7H3,(H,61,70)(H,63,69)/t43-,48+,49+,55?,56?/m1/s1. The predicted molar refractivity (Wildman–Crippen MR) is 288 cm³/mol. The van der Waals surface area contributed by atoms with Crippen molar-refractivity contribution >= 4 is 52.3 Å². The fraction of sp³-hybridized carbons (Fsp3) is 0.448. The van der Waals surface area contributed by atoms with Crippen molar-refractivity contribution in [2.24, 2.45) is 16.7 Å². The number of likely N-dealkylation sites (tertiary alicyclic amines) is 1. The smallest absolute Gasteiger partial charge is 0.255 e. The number of carbonyl (C=O) groups is 4. The number of aromatic nitrogens is 1. The molecule has 4 aliphatic rings. The number of thiazole rings is 1. The number of ether oxygens (including phenoxy) is 1. The number of benzene rings is 4. The Morgan fingerprint density at radius 1 is 0.973 bits per heavy atom. The lowest BCUT2D eigenvalue weighted by atomic mass is 9.49. The van der Waals surface area contributed by atoms with Crippen LogP contribution in [0.4, 0.5) is 5.69 Å². The molecule has 4 aromatic carbocycles. The van der Waals surface area contributed by atoms with Crippen LogP contribution in [0.2, 0.25) is 5.02 Å². The van der Waals surface area contributed by atoms with Crippen molar-refractivity contribution in [2.75, 3.05) is 44.2 Å². The summed E-state index contributed by atoms with van der Waals surface area (Å²) in [6.45, 7) is 19.1. The third kappa shape index (κ3) is 10.5. The van der Waals surface area contributed by atoms with Crippen LogP contribution in [0.1, 0.15) is 103 Å². The van der Waals surface area contributed by atoms with Gasteiger partial charge in [-0.25, -0.2) is 4.98 Å². The highest BCUT2D eigenvalue weighted by Gasteiger charge is 2.64. The Balaban J connectivity index is 0.785. The highest BCUT2D eigenvalue weighted by molar-refractivity contribution is 7.13. The summed E-state index contributed by atoms with van der Waals surface area (Å²) in [5, 5.41) is 26.9. The number of nitrogens with zero attached hydrogens (tertiary/aromatic N) is 6. The first-order valence-corrected chi connectivity index (χ1v) is 27.0. The second-order valence-electron chi connectivity index (χ2n) is 21.9. The van der Waals surface area contributed by atoms with Gasteiger partial charge in [-0.1, -0.05) is 95.6 Å². The van der Waals surface area contributed by atoms with Crippen LogP contribution in [0.3, 0.4) is 0 Å². The van der Waals surface area contributed by atoms with Gasteiger partial charge < -0.3 is 35.2 Å². The second-order valence-corrected chi connectivity index (χ2v) is 23.2. The van der Waals surface area contributed by atoms with Gasteiger partial charge in [0.15, 0.2) is 0 Å². The summed E-state index contributed by atoms with van der Waals surface area (Å²) in [6, 6.07) is 27.0. The van der Waals surface area contributed by atoms with E-state index in [1.165, 1.54) is 10.5 Å². The van der Waals surface area contributed by atoms with Crippen molar-refractivity contribution in [2.45, 2.75) is 111 Å². The first-order valence-electron chi connectivity index (χ1n) is 25.8. The molecule has 16 heteroatoms. The van der Waals surface area contributed by atoms with Gasteiger partial charge in [0.25, 0.3) is 11.8 Å². The zero-order chi connectivity index (χ0) is 52.6. The monoisotopic (exact) mass is 1040 g/mol. The summed E-state index contributed by atoms with van der Waals surface area (Å²) < 4.78 is 6.41. The van der Waals surface area contributed by atoms with Crippen molar-refractivity contribution < 1.29 is 29.0 Å². The number of hydrogen-bond acceptors (Lipinski definition) is 11. The van der Waals surface area contributed by atoms with E-state index in [2.05, 4.69) is 77.4 Å². The van der Waals surface area contributed by atoms with E-state index in [-0.39, 0.29) is 72.0 Å². The van der Waals surface area contributed by atoms with Gasteiger partial charge >= 0.3 is 0 Å². The van der Waals surface area contributed by atoms with Crippen LogP contribution in [0.25, 0.3) is 10.4 Å². The lowest BCUT2D eigenvalue weighted by Crippen LogP contribution is -2.74. The van der Waals surface area contributed by atoms with Crippen LogP contribution in [0.5, 0.6) is 5.75 Å². The van der Waals surface area contributed by atoms with Gasteiger partial charge in [0, 0.05) is 92.0 Å². The fourth-order valence-corrected chi connectivity index (χ4v) is 13.2. The van der Waals surface area contributed by atoms with Crippen LogP contribution in [0, 0.1) is 35.0 Å². The first kappa shape index (κ1) is 52.5. The Morgan fingerprint density at radius 3 is 2.36 bits per heavy atom. The number of halogens is 1. The summed E-state index contributed by atoms with van der Waals surface area (Å²) in [4.78, 5) is 69.2. The highest BCUT2D eigenvalue weighted by Crippen LogP contribution is 2.55. The molecule has 74 heavy (non-hydrogen) atoms. The molecule has 1 saturated carbocycles. The van der Waals surface area contributed by atoms with Crippen LogP contribution >= 0.6 is 22.9 Å². The number of anilines is 1. The number of carbonyl (C=O) groups excluding carboxylic acids is 4. The van der Waals surface area contributed by atoms with Gasteiger partial charge in [-0.15, -0.1) is 11.3 Å². The number of nitriles is 1. The number of aliphatic hydroxyl groups is 1. The number of piperazine rings is 1. The predicted octanol–water partition coefficient (Wildman–Crippen LogP) is 8.27. The van der Waals surface area contributed by atoms with Gasteiger partial charge in [0.05, 0.1) is 32.8 Å². The van der Waals surface area contributed by atoms with Crippen molar-refractivity contribution in [3.63, 3.8) is 0 Å². The number of fused-ring (bicyclic) bond motifs is 1. The molecular formula is C58H67ClN8O6S. The summed E-state index contributed by atoms with van der Waals surface area (Å²) >= 11 is 7.88. The lowest BCUT2D eigenvalue weighted by Gasteiger charge is -2.63. The molecule has 4 amide bonds. The Labute approximate surface area is 443 Å². The maximum Gasteiger partial charge on any atom is 0.255 e. The molecule has 0 spiro atoms. The number of amides is 4. The third-order valence-electron chi connectivity index (χ3n) is 15.8. The normalized spacial score (nSPS) is 21.5. The van der Waals surface area contributed by atoms with E-state index in [9.17, 15) is 29.5 Å². The molecule has 4 heterocycles. The Bertz CT molecular complexity index is 2940. The number of aliphatic hydroxyl groups excluding tert-OH is 1. The zero-order valence-corrected chi connectivity index (χ0v) is 44.9. The van der Waals surface area contributed by atoms with Gasteiger partial charge in [0.2, 0.25) is 11.8 Å². The van der Waals surface area contributed by atoms with E-state index in [0.29, 0.717) is 34.0 Å². The molecule has 3 aliphatic heterocycles. The molecule has 14 nitrogen and oxygen atoms in total. The van der Waals surface area contributed by atoms with E-state index in [1.807, 2.05) is 68.7 Å². The van der Waals surface area contributed by atoms with Crippen molar-refractivity contribution in [3.8, 4) is 22.3 Å². The van der Waals surface area contributed by atoms with E-state index in [1.54, 1.807) is 40.5 Å². The zero-order valence-electron chi connectivity index (χ0n) is 43.4. The average Bonchev–Trinajstić information content (AvgIpc) is 4.10. The van der Waals surface area contributed by atoms with Crippen molar-refractivity contribution in [3.05, 3.63) is 135 Å². The SMILES string of the molecule is Cc1ncsc1-c1ccc(CNC(=O)[C@@H]2C[C@@H](O)CN2C(=O)[C@H](C(C)C)N2Cc3ccccc3C2=O)c(N2CCN(CCCc3ccc(C(=O)NC4C(C)(C)C(Oc5ccc(C#N)c(Cl)c5)C4(C)C)cc3)CC2)c1. The topological polar surface area (TPSA) is 171 Å². The van der Waals surface area contributed by atoms with E-state index in [4.69, 9.17) is 16.3 Å². The minimum atomic E-state index is -0.876. The number of aryl methyl sites for hydroxylation is 2. The lowest BCUT2D eigenvalue weighted by molar-refractivity contribution is -0.164. The van der Waals surface area contributed by atoms with E-state index < -0.39 is 18.2 Å². The van der Waals surface area contributed by atoms with Gasteiger partial charge in [-0.3, -0.25) is 24.1 Å². The van der Waals surface area contributed by atoms with E-state index >= 15 is 0 Å². The van der Waals surface area contributed by atoms with Gasteiger partial charge in [-0.2, -0.15) is 5.26 Å². The summed E-state index contributed by atoms with van der Waals surface area (Å²) in [6.07, 6.45) is 0.914. The largest absolute Gasteiger partial charge is 0.489 e. The molecule has 5 aromatic rings. The number of β-amino-alcohol motifs (C(OH)–C–C–N with tert-alkyl or cyclic N) is 1. The molecule has 3 atom stereocenters. The molecular weight excluding hydrogens is 972 g/mol. The molecule has 0 radical (unpaired) electrons. The maximum atomic E-state index is 14.4. The molecule has 0 bridgehead atoms. The molecule has 1 aromatic heterocycles. The summed E-state index contributed by atoms with van der Waals surface area (Å²) in [7, 11) is 0. The van der Waals surface area contributed by atoms with Crippen LogP contribution in [-0.2, 0) is 29.1 Å². The minimum absolute atomic E-state index is 0.0236. The van der Waals surface area contributed by atoms with Crippen LogP contribution in [0.15, 0.2) is 90.4 Å². The quantitative estimate of drug-likeness (QED) is 0.0874. The van der Waals surface area contributed by atoms with Crippen LogP contribution in [-0.4, -0.2) is 118 Å². The molecule has 2 saturated heterocycles. The molecule has 9 rings (SSSR count). The van der Waals surface area contributed by atoms with Gasteiger partial charge in [-0.05, 0) is 90.9 Å². The number of rotatable bonds is 16. The minimum Gasteiger partial charge on any atom is -0.489 e. The fourth-order valence-electron chi connectivity index (χ4n) is 12.1. The number of nitrogens with one attached hydrogen (secondary N) is 2. The summed E-state index contributed by atoms with van der Waals surface area (Å²) in [5.41, 5.74) is 8.79. The van der Waals surface area contributed by atoms with Gasteiger partial charge in [0.1, 0.15) is 30.0 Å². The Hall–Kier alpha value is -6.31. The maximum absolute atomic E-state index is 14.4. The molecule has 388 valence electrons. The van der Waals surface area contributed by atoms with Crippen molar-refractivity contribution in [1.82, 2.24) is 30.3 Å². The molecule has 1 aliphatic carbocycles.